The number of hydrogen-bond donors (Lipinski definition) is 2. The van der Waals surface area contributed by atoms with Gasteiger partial charge in [0.15, 0.2) is 0 Å². The zero-order chi connectivity index (χ0) is 28.6. The minimum absolute atomic E-state index is 0.0179. The van der Waals surface area contributed by atoms with Gasteiger partial charge in [-0.15, -0.1) is 0 Å². The van der Waals surface area contributed by atoms with Gasteiger partial charge in [-0.25, -0.2) is 18.0 Å². The minimum Gasteiger partial charge on any atom is -0.444 e. The first-order valence-corrected chi connectivity index (χ1v) is 13.2. The molecule has 1 aromatic heterocycles. The lowest BCUT2D eigenvalue weighted by Crippen LogP contribution is -2.61. The van der Waals surface area contributed by atoms with Gasteiger partial charge in [0.1, 0.15) is 23.1 Å². The van der Waals surface area contributed by atoms with Crippen LogP contribution in [0.15, 0.2) is 48.7 Å². The maximum absolute atomic E-state index is 15.3. The molecule has 2 aliphatic rings. The first-order chi connectivity index (χ1) is 19.0. The summed E-state index contributed by atoms with van der Waals surface area (Å²) in [6.45, 7) is 6.07. The molecule has 0 spiro atoms. The molecule has 1 saturated heterocycles. The number of H-pyrrole nitrogens is 1. The molecule has 8 nitrogen and oxygen atoms in total. The molecule has 2 amide bonds. The number of carbonyl (C=O) groups is 2. The molecule has 3 heterocycles. The van der Waals surface area contributed by atoms with Crippen LogP contribution >= 0.6 is 0 Å². The Bertz CT molecular complexity index is 1390. The van der Waals surface area contributed by atoms with Crippen molar-refractivity contribution in [2.24, 2.45) is 0 Å². The van der Waals surface area contributed by atoms with E-state index in [2.05, 4.69) is 15.5 Å². The van der Waals surface area contributed by atoms with Crippen molar-refractivity contribution < 1.29 is 27.5 Å². The fourth-order valence-electron chi connectivity index (χ4n) is 5.54. The zero-order valence-electron chi connectivity index (χ0n) is 22.6. The third-order valence-corrected chi connectivity index (χ3v) is 7.30. The van der Waals surface area contributed by atoms with Crippen molar-refractivity contribution in [1.29, 1.82) is 0 Å². The van der Waals surface area contributed by atoms with Gasteiger partial charge >= 0.3 is 6.09 Å². The second kappa shape index (κ2) is 11.0. The standard InChI is InChI=1S/C29H32F3N5O3/c1-29(2,3)40-28(39)34-23-13-25(36-15-18-14-33-35-24(18)16-36)27(38)37(11-10-17-6-4-5-7-21(17)31)26(23)20-12-19(30)8-9-22(20)32/h4-9,12,14,23,25-26H,10-11,13,15-16H2,1-3H3,(H,33,35)(H,34,39)/t23-,25+,26+/m0/s1. The lowest BCUT2D eigenvalue weighted by molar-refractivity contribution is -0.146. The number of benzene rings is 2. The first kappa shape index (κ1) is 27.7. The molecule has 2 N–H and O–H groups in total. The molecule has 11 heteroatoms. The van der Waals surface area contributed by atoms with Crippen LogP contribution in [0.1, 0.15) is 55.6 Å². The highest BCUT2D eigenvalue weighted by molar-refractivity contribution is 5.84. The number of nitrogens with zero attached hydrogens (tertiary/aromatic N) is 3. The molecule has 212 valence electrons. The van der Waals surface area contributed by atoms with Gasteiger partial charge in [0.05, 0.1) is 30.0 Å². The largest absolute Gasteiger partial charge is 0.444 e. The fraction of sp³-hybridized carbons (Fsp3) is 0.414. The predicted octanol–water partition coefficient (Wildman–Crippen LogP) is 4.62. The molecular weight excluding hydrogens is 523 g/mol. The number of likely N-dealkylation sites (tertiary alicyclic amines) is 1. The summed E-state index contributed by atoms with van der Waals surface area (Å²) in [6, 6.07) is 6.69. The van der Waals surface area contributed by atoms with E-state index < -0.39 is 47.3 Å². The van der Waals surface area contributed by atoms with Crippen molar-refractivity contribution in [3.8, 4) is 0 Å². The van der Waals surface area contributed by atoms with Gasteiger partial charge < -0.3 is 15.0 Å². The van der Waals surface area contributed by atoms with Crippen LogP contribution in [0.4, 0.5) is 18.0 Å². The Hall–Kier alpha value is -3.86. The van der Waals surface area contributed by atoms with E-state index in [9.17, 15) is 18.4 Å². The Morgan fingerprint density at radius 1 is 1.12 bits per heavy atom. The second-order valence-corrected chi connectivity index (χ2v) is 11.3. The highest BCUT2D eigenvalue weighted by atomic mass is 19.1. The number of aromatic nitrogens is 2. The summed E-state index contributed by atoms with van der Waals surface area (Å²) in [6.07, 6.45) is 1.24. The van der Waals surface area contributed by atoms with Crippen LogP contribution in [0.2, 0.25) is 0 Å². The lowest BCUT2D eigenvalue weighted by Gasteiger charge is -2.47. The second-order valence-electron chi connectivity index (χ2n) is 11.3. The third-order valence-electron chi connectivity index (χ3n) is 7.30. The smallest absolute Gasteiger partial charge is 0.407 e. The number of fused-ring (bicyclic) bond motifs is 1. The van der Waals surface area contributed by atoms with Gasteiger partial charge in [0.25, 0.3) is 0 Å². The Balaban J connectivity index is 1.53. The third kappa shape index (κ3) is 5.84. The molecule has 2 aliphatic heterocycles. The van der Waals surface area contributed by atoms with E-state index in [-0.39, 0.29) is 30.9 Å². The van der Waals surface area contributed by atoms with Crippen LogP contribution in [0.5, 0.6) is 0 Å². The van der Waals surface area contributed by atoms with Gasteiger partial charge in [-0.3, -0.25) is 14.8 Å². The van der Waals surface area contributed by atoms with Crippen LogP contribution in [0, 0.1) is 17.5 Å². The molecule has 3 aromatic rings. The van der Waals surface area contributed by atoms with Crippen molar-refractivity contribution in [2.45, 2.75) is 70.4 Å². The summed E-state index contributed by atoms with van der Waals surface area (Å²) in [7, 11) is 0. The number of aromatic amines is 1. The van der Waals surface area contributed by atoms with E-state index in [1.165, 1.54) is 11.0 Å². The Labute approximate surface area is 230 Å². The lowest BCUT2D eigenvalue weighted by atomic mass is 9.86. The van der Waals surface area contributed by atoms with Gasteiger partial charge in [0.2, 0.25) is 5.91 Å². The van der Waals surface area contributed by atoms with E-state index in [4.69, 9.17) is 4.74 Å². The molecule has 0 bridgehead atoms. The van der Waals surface area contributed by atoms with Crippen LogP contribution in [0.25, 0.3) is 0 Å². The SMILES string of the molecule is CC(C)(C)OC(=O)N[C@H]1C[C@@H](N2Cc3cn[nH]c3C2)C(=O)N(CCc2ccccc2F)[C@@H]1c1cc(F)ccc1F. The van der Waals surface area contributed by atoms with E-state index >= 15 is 4.39 Å². The van der Waals surface area contributed by atoms with E-state index in [0.717, 1.165) is 29.5 Å². The van der Waals surface area contributed by atoms with Crippen LogP contribution < -0.4 is 5.32 Å². The Morgan fingerprint density at radius 2 is 1.90 bits per heavy atom. The number of piperidine rings is 1. The monoisotopic (exact) mass is 555 g/mol. The van der Waals surface area contributed by atoms with Crippen molar-refractivity contribution in [1.82, 2.24) is 25.3 Å². The van der Waals surface area contributed by atoms with Crippen molar-refractivity contribution >= 4 is 12.0 Å². The molecule has 2 aromatic carbocycles. The number of nitrogens with one attached hydrogen (secondary N) is 2. The summed E-state index contributed by atoms with van der Waals surface area (Å²) in [4.78, 5) is 30.5. The van der Waals surface area contributed by atoms with Gasteiger partial charge in [-0.05, 0) is 63.4 Å². The Morgan fingerprint density at radius 3 is 2.62 bits per heavy atom. The minimum atomic E-state index is -1.05. The molecule has 0 saturated carbocycles. The van der Waals surface area contributed by atoms with E-state index in [0.29, 0.717) is 18.7 Å². The summed E-state index contributed by atoms with van der Waals surface area (Å²) in [5, 5.41) is 9.83. The van der Waals surface area contributed by atoms with Crippen LogP contribution in [-0.2, 0) is 29.0 Å². The van der Waals surface area contributed by atoms with Crippen LogP contribution in [-0.4, -0.2) is 56.2 Å². The molecule has 0 radical (unpaired) electrons. The number of rotatable bonds is 6. The molecule has 0 unspecified atom stereocenters. The number of amides is 2. The quantitative estimate of drug-likeness (QED) is 0.463. The average molecular weight is 556 g/mol. The Kier molecular flexibility index (Phi) is 7.59. The fourth-order valence-corrected chi connectivity index (χ4v) is 5.54. The molecule has 1 fully saturated rings. The molecule has 5 rings (SSSR count). The van der Waals surface area contributed by atoms with Crippen molar-refractivity contribution in [2.75, 3.05) is 6.54 Å². The van der Waals surface area contributed by atoms with E-state index in [1.807, 2.05) is 4.90 Å². The maximum Gasteiger partial charge on any atom is 0.407 e. The highest BCUT2D eigenvalue weighted by Crippen LogP contribution is 2.38. The maximum atomic E-state index is 15.3. The summed E-state index contributed by atoms with van der Waals surface area (Å²) in [5.74, 6) is -2.13. The first-order valence-electron chi connectivity index (χ1n) is 13.2. The molecule has 40 heavy (non-hydrogen) atoms. The summed E-state index contributed by atoms with van der Waals surface area (Å²) in [5.41, 5.74) is 1.36. The van der Waals surface area contributed by atoms with Gasteiger partial charge in [-0.1, -0.05) is 18.2 Å². The molecular formula is C29H32F3N5O3. The average Bonchev–Trinajstić information content (AvgIpc) is 3.48. The number of halogens is 3. The molecule has 0 aliphatic carbocycles. The summed E-state index contributed by atoms with van der Waals surface area (Å²) >= 11 is 0. The van der Waals surface area contributed by atoms with Crippen LogP contribution in [0.3, 0.4) is 0 Å². The topological polar surface area (TPSA) is 90.6 Å². The van der Waals surface area contributed by atoms with Gasteiger partial charge in [-0.2, -0.15) is 5.10 Å². The van der Waals surface area contributed by atoms with Crippen molar-refractivity contribution in [3.63, 3.8) is 0 Å². The van der Waals surface area contributed by atoms with E-state index in [1.54, 1.807) is 45.2 Å². The normalized spacial score (nSPS) is 21.4. The zero-order valence-corrected chi connectivity index (χ0v) is 22.6. The number of carbonyl (C=O) groups excluding carboxylic acids is 2. The number of hydrogen-bond acceptors (Lipinski definition) is 5. The molecule has 3 atom stereocenters. The number of alkyl carbamates (subject to hydrolysis) is 1. The summed E-state index contributed by atoms with van der Waals surface area (Å²) < 4.78 is 49.7. The predicted molar refractivity (Wildman–Crippen MR) is 140 cm³/mol. The van der Waals surface area contributed by atoms with Gasteiger partial charge in [0, 0.05) is 30.8 Å². The highest BCUT2D eigenvalue weighted by Gasteiger charge is 2.47. The number of ether oxygens (including phenoxy) is 1. The van der Waals surface area contributed by atoms with Crippen molar-refractivity contribution in [3.05, 3.63) is 88.5 Å².